The summed E-state index contributed by atoms with van der Waals surface area (Å²) >= 11 is 0. The average molecular weight is 284 g/mol. The molecule has 1 aliphatic carbocycles. The van der Waals surface area contributed by atoms with Crippen LogP contribution < -0.4 is 11.1 Å². The first-order chi connectivity index (χ1) is 9.31. The molecule has 0 bridgehead atoms. The van der Waals surface area contributed by atoms with Gasteiger partial charge in [-0.3, -0.25) is 9.59 Å². The third-order valence-corrected chi connectivity index (χ3v) is 3.93. The molecule has 2 amide bonds. The normalized spacial score (nSPS) is 26.1. The molecule has 0 heterocycles. The number of rotatable bonds is 6. The Balaban J connectivity index is 2.47. The van der Waals surface area contributed by atoms with Gasteiger partial charge >= 0.3 is 0 Å². The molecule has 4 atom stereocenters. The summed E-state index contributed by atoms with van der Waals surface area (Å²) in [4.78, 5) is 23.4. The Labute approximate surface area is 121 Å². The smallest absolute Gasteiger partial charge is 0.249 e. The van der Waals surface area contributed by atoms with Gasteiger partial charge in [0.1, 0.15) is 12.1 Å². The fourth-order valence-corrected chi connectivity index (χ4v) is 2.69. The Hall–Kier alpha value is -1.10. The SMILES string of the molecule is CC(C)[C@H](NC(=O)[C@H](C)O[C@H]1CCC[C@@H](C)C1)C(N)=O. The third-order valence-electron chi connectivity index (χ3n) is 3.93. The molecule has 3 N–H and O–H groups in total. The van der Waals surface area contributed by atoms with Crippen molar-refractivity contribution >= 4 is 11.8 Å². The van der Waals surface area contributed by atoms with Crippen molar-refractivity contribution in [2.24, 2.45) is 17.6 Å². The summed E-state index contributed by atoms with van der Waals surface area (Å²) in [7, 11) is 0. The molecule has 1 fully saturated rings. The van der Waals surface area contributed by atoms with Crippen LogP contribution in [-0.2, 0) is 14.3 Å². The molecule has 0 spiro atoms. The lowest BCUT2D eigenvalue weighted by molar-refractivity contribution is -0.140. The Morgan fingerprint density at radius 1 is 1.25 bits per heavy atom. The predicted molar refractivity (Wildman–Crippen MR) is 77.9 cm³/mol. The largest absolute Gasteiger partial charge is 0.368 e. The van der Waals surface area contributed by atoms with E-state index >= 15 is 0 Å². The summed E-state index contributed by atoms with van der Waals surface area (Å²) in [6.07, 6.45) is 3.98. The van der Waals surface area contributed by atoms with Crippen molar-refractivity contribution in [1.82, 2.24) is 5.32 Å². The highest BCUT2D eigenvalue weighted by Crippen LogP contribution is 2.26. The van der Waals surface area contributed by atoms with Crippen molar-refractivity contribution in [2.45, 2.75) is 71.6 Å². The van der Waals surface area contributed by atoms with Gasteiger partial charge in [0.25, 0.3) is 0 Å². The predicted octanol–water partition coefficient (Wildman–Crippen LogP) is 1.60. The number of carbonyl (C=O) groups is 2. The molecular formula is C15H28N2O3. The van der Waals surface area contributed by atoms with Crippen LogP contribution >= 0.6 is 0 Å². The maximum absolute atomic E-state index is 12.1. The first kappa shape index (κ1) is 17.0. The zero-order valence-corrected chi connectivity index (χ0v) is 13.0. The molecule has 1 rings (SSSR count). The molecule has 0 aromatic heterocycles. The Morgan fingerprint density at radius 2 is 1.90 bits per heavy atom. The molecule has 0 saturated heterocycles. The molecule has 0 aliphatic heterocycles. The van der Waals surface area contributed by atoms with E-state index in [1.807, 2.05) is 13.8 Å². The lowest BCUT2D eigenvalue weighted by atomic mass is 9.88. The van der Waals surface area contributed by atoms with Gasteiger partial charge in [-0.25, -0.2) is 0 Å². The lowest BCUT2D eigenvalue weighted by Gasteiger charge is -2.29. The van der Waals surface area contributed by atoms with E-state index < -0.39 is 18.1 Å². The average Bonchev–Trinajstić information content (AvgIpc) is 2.34. The van der Waals surface area contributed by atoms with Crippen LogP contribution in [-0.4, -0.2) is 30.1 Å². The van der Waals surface area contributed by atoms with Crippen molar-refractivity contribution in [2.75, 3.05) is 0 Å². The van der Waals surface area contributed by atoms with Crippen LogP contribution in [0.3, 0.4) is 0 Å². The third kappa shape index (κ3) is 5.12. The Morgan fingerprint density at radius 3 is 2.40 bits per heavy atom. The van der Waals surface area contributed by atoms with Crippen LogP contribution in [0.4, 0.5) is 0 Å². The maximum atomic E-state index is 12.1. The molecule has 1 saturated carbocycles. The number of ether oxygens (including phenoxy) is 1. The highest BCUT2D eigenvalue weighted by molar-refractivity contribution is 5.88. The van der Waals surface area contributed by atoms with Crippen LogP contribution in [0.2, 0.25) is 0 Å². The summed E-state index contributed by atoms with van der Waals surface area (Å²) in [5, 5.41) is 2.68. The number of primary amides is 1. The highest BCUT2D eigenvalue weighted by atomic mass is 16.5. The molecule has 0 aromatic carbocycles. The van der Waals surface area contributed by atoms with Crippen molar-refractivity contribution < 1.29 is 14.3 Å². The van der Waals surface area contributed by atoms with Crippen LogP contribution in [0.15, 0.2) is 0 Å². The van der Waals surface area contributed by atoms with E-state index in [0.717, 1.165) is 19.3 Å². The summed E-state index contributed by atoms with van der Waals surface area (Å²) < 4.78 is 5.82. The van der Waals surface area contributed by atoms with E-state index in [2.05, 4.69) is 12.2 Å². The topological polar surface area (TPSA) is 81.4 Å². The second-order valence-corrected chi connectivity index (χ2v) is 6.30. The Kier molecular flexibility index (Phi) is 6.46. The minimum absolute atomic E-state index is 0.0293. The first-order valence-corrected chi connectivity index (χ1v) is 7.56. The number of hydrogen-bond acceptors (Lipinski definition) is 3. The van der Waals surface area contributed by atoms with E-state index in [4.69, 9.17) is 10.5 Å². The fraction of sp³-hybridized carbons (Fsp3) is 0.867. The lowest BCUT2D eigenvalue weighted by Crippen LogP contribution is -2.51. The number of hydrogen-bond donors (Lipinski definition) is 2. The molecule has 20 heavy (non-hydrogen) atoms. The van der Waals surface area contributed by atoms with Gasteiger partial charge in [0.2, 0.25) is 11.8 Å². The molecule has 116 valence electrons. The summed E-state index contributed by atoms with van der Waals surface area (Å²) in [5.41, 5.74) is 5.29. The Bertz CT molecular complexity index is 344. The van der Waals surface area contributed by atoms with Gasteiger partial charge in [-0.05, 0) is 31.6 Å². The van der Waals surface area contributed by atoms with E-state index in [9.17, 15) is 9.59 Å². The summed E-state index contributed by atoms with van der Waals surface area (Å²) in [6.45, 7) is 7.64. The first-order valence-electron chi connectivity index (χ1n) is 7.56. The number of amides is 2. The van der Waals surface area contributed by atoms with E-state index in [0.29, 0.717) is 5.92 Å². The van der Waals surface area contributed by atoms with Gasteiger partial charge in [0.05, 0.1) is 6.10 Å². The van der Waals surface area contributed by atoms with Crippen LogP contribution in [0.5, 0.6) is 0 Å². The second kappa shape index (κ2) is 7.62. The number of carbonyl (C=O) groups excluding carboxylic acids is 2. The van der Waals surface area contributed by atoms with Gasteiger partial charge in [-0.1, -0.05) is 33.6 Å². The zero-order chi connectivity index (χ0) is 15.3. The van der Waals surface area contributed by atoms with E-state index in [1.54, 1.807) is 6.92 Å². The van der Waals surface area contributed by atoms with Crippen LogP contribution in [0, 0.1) is 11.8 Å². The van der Waals surface area contributed by atoms with E-state index in [-0.39, 0.29) is 17.9 Å². The van der Waals surface area contributed by atoms with E-state index in [1.165, 1.54) is 6.42 Å². The van der Waals surface area contributed by atoms with Crippen molar-refractivity contribution in [3.63, 3.8) is 0 Å². The molecule has 0 radical (unpaired) electrons. The molecule has 5 heteroatoms. The minimum atomic E-state index is -0.640. The number of nitrogens with one attached hydrogen (secondary N) is 1. The molecule has 5 nitrogen and oxygen atoms in total. The summed E-state index contributed by atoms with van der Waals surface area (Å²) in [6, 6.07) is -0.640. The van der Waals surface area contributed by atoms with Crippen molar-refractivity contribution in [1.29, 1.82) is 0 Å². The second-order valence-electron chi connectivity index (χ2n) is 6.30. The van der Waals surface area contributed by atoms with Crippen LogP contribution in [0.25, 0.3) is 0 Å². The van der Waals surface area contributed by atoms with Gasteiger partial charge < -0.3 is 15.8 Å². The van der Waals surface area contributed by atoms with Gasteiger partial charge in [0.15, 0.2) is 0 Å². The minimum Gasteiger partial charge on any atom is -0.368 e. The summed E-state index contributed by atoms with van der Waals surface area (Å²) in [5.74, 6) is -0.149. The highest BCUT2D eigenvalue weighted by Gasteiger charge is 2.27. The van der Waals surface area contributed by atoms with Crippen molar-refractivity contribution in [3.8, 4) is 0 Å². The maximum Gasteiger partial charge on any atom is 0.249 e. The standard InChI is InChI=1S/C15H28N2O3/c1-9(2)13(14(16)18)17-15(19)11(4)20-12-7-5-6-10(3)8-12/h9-13H,5-8H2,1-4H3,(H2,16,18)(H,17,19)/t10-,11+,12+,13+/m1/s1. The fourth-order valence-electron chi connectivity index (χ4n) is 2.69. The number of nitrogens with two attached hydrogens (primary N) is 1. The van der Waals surface area contributed by atoms with Gasteiger partial charge in [-0.15, -0.1) is 0 Å². The van der Waals surface area contributed by atoms with Gasteiger partial charge in [0, 0.05) is 0 Å². The van der Waals surface area contributed by atoms with Crippen molar-refractivity contribution in [3.05, 3.63) is 0 Å². The molecule has 0 unspecified atom stereocenters. The van der Waals surface area contributed by atoms with Gasteiger partial charge in [-0.2, -0.15) is 0 Å². The molecular weight excluding hydrogens is 256 g/mol. The molecule has 1 aliphatic rings. The van der Waals surface area contributed by atoms with Crippen LogP contribution in [0.1, 0.15) is 53.4 Å². The molecule has 0 aromatic rings. The zero-order valence-electron chi connectivity index (χ0n) is 13.0. The monoisotopic (exact) mass is 284 g/mol. The quantitative estimate of drug-likeness (QED) is 0.777.